The van der Waals surface area contributed by atoms with E-state index in [0.29, 0.717) is 25.4 Å². The number of nitriles is 1. The lowest BCUT2D eigenvalue weighted by molar-refractivity contribution is -0.119. The minimum Gasteiger partial charge on any atom is -0.442 e. The summed E-state index contributed by atoms with van der Waals surface area (Å²) in [6.45, 7) is 4.11. The Hall–Kier alpha value is -2.75. The molecule has 1 unspecified atom stereocenters. The normalized spacial score (nSPS) is 20.6. The van der Waals surface area contributed by atoms with Crippen LogP contribution in [0.5, 0.6) is 0 Å². The van der Waals surface area contributed by atoms with E-state index in [0.717, 1.165) is 37.3 Å². The van der Waals surface area contributed by atoms with Gasteiger partial charge in [-0.3, -0.25) is 9.69 Å². The van der Waals surface area contributed by atoms with Gasteiger partial charge < -0.3 is 15.0 Å². The first kappa shape index (κ1) is 18.1. The van der Waals surface area contributed by atoms with Gasteiger partial charge in [-0.05, 0) is 43.0 Å². The number of carbonyl (C=O) groups is 2. The van der Waals surface area contributed by atoms with Crippen LogP contribution >= 0.6 is 0 Å². The van der Waals surface area contributed by atoms with Gasteiger partial charge in [-0.1, -0.05) is 0 Å². The van der Waals surface area contributed by atoms with Crippen molar-refractivity contribution >= 4 is 23.4 Å². The third kappa shape index (κ3) is 4.26. The van der Waals surface area contributed by atoms with Crippen LogP contribution in [0.4, 0.5) is 16.2 Å². The maximum Gasteiger partial charge on any atom is 0.414 e. The molecule has 1 N–H and O–H groups in total. The number of hydrogen-bond acceptors (Lipinski definition) is 5. The fourth-order valence-electron chi connectivity index (χ4n) is 3.46. The molecule has 0 aromatic heterocycles. The van der Waals surface area contributed by atoms with E-state index in [1.54, 1.807) is 4.90 Å². The Labute approximate surface area is 153 Å². The molecule has 2 saturated heterocycles. The summed E-state index contributed by atoms with van der Waals surface area (Å²) in [5, 5.41) is 11.5. The van der Waals surface area contributed by atoms with Crippen LogP contribution in [0.3, 0.4) is 0 Å². The molecule has 1 atom stereocenters. The standard InChI is InChI=1S/C19H24N4O3/c1-14(24)21-12-18-13-23(19(25)26-18)17-4-2-16(3-5-17)22-10-7-15(6-9-20)8-11-22/h2-5,15,18H,6-8,10-13H2,1H3,(H,21,24). The first-order chi connectivity index (χ1) is 12.6. The van der Waals surface area contributed by atoms with Gasteiger partial charge in [0.05, 0.1) is 19.2 Å². The predicted octanol–water partition coefficient (Wildman–Crippen LogP) is 2.28. The fraction of sp³-hybridized carbons (Fsp3) is 0.526. The average molecular weight is 356 g/mol. The molecule has 7 heteroatoms. The molecule has 7 nitrogen and oxygen atoms in total. The summed E-state index contributed by atoms with van der Waals surface area (Å²) >= 11 is 0. The zero-order chi connectivity index (χ0) is 18.5. The summed E-state index contributed by atoms with van der Waals surface area (Å²) < 4.78 is 5.30. The maximum atomic E-state index is 12.1. The summed E-state index contributed by atoms with van der Waals surface area (Å²) in [6.07, 6.45) is 2.01. The van der Waals surface area contributed by atoms with Gasteiger partial charge >= 0.3 is 6.09 Å². The quantitative estimate of drug-likeness (QED) is 0.875. The monoisotopic (exact) mass is 356 g/mol. The summed E-state index contributed by atoms with van der Waals surface area (Å²) in [5.41, 5.74) is 1.93. The van der Waals surface area contributed by atoms with Crippen LogP contribution in [0.2, 0.25) is 0 Å². The molecule has 1 aromatic rings. The largest absolute Gasteiger partial charge is 0.442 e. The summed E-state index contributed by atoms with van der Waals surface area (Å²) in [7, 11) is 0. The zero-order valence-electron chi connectivity index (χ0n) is 15.0. The van der Waals surface area contributed by atoms with Crippen LogP contribution in [0.25, 0.3) is 0 Å². The van der Waals surface area contributed by atoms with Crippen molar-refractivity contribution in [1.82, 2.24) is 5.32 Å². The number of ether oxygens (including phenoxy) is 1. The minimum atomic E-state index is -0.384. The van der Waals surface area contributed by atoms with Crippen molar-refractivity contribution in [2.45, 2.75) is 32.3 Å². The van der Waals surface area contributed by atoms with E-state index in [1.807, 2.05) is 24.3 Å². The van der Waals surface area contributed by atoms with Crippen molar-refractivity contribution < 1.29 is 14.3 Å². The van der Waals surface area contributed by atoms with Crippen molar-refractivity contribution in [3.8, 4) is 6.07 Å². The van der Waals surface area contributed by atoms with E-state index in [9.17, 15) is 9.59 Å². The second-order valence-electron chi connectivity index (χ2n) is 6.86. The van der Waals surface area contributed by atoms with Crippen molar-refractivity contribution in [3.63, 3.8) is 0 Å². The first-order valence-electron chi connectivity index (χ1n) is 9.01. The SMILES string of the molecule is CC(=O)NCC1CN(c2ccc(N3CCC(CC#N)CC3)cc2)C(=O)O1. The summed E-state index contributed by atoms with van der Waals surface area (Å²) in [4.78, 5) is 27.0. The molecule has 1 aromatic carbocycles. The second-order valence-corrected chi connectivity index (χ2v) is 6.86. The van der Waals surface area contributed by atoms with Crippen LogP contribution in [0.15, 0.2) is 24.3 Å². The molecule has 3 rings (SSSR count). The molecule has 0 aliphatic carbocycles. The van der Waals surface area contributed by atoms with Gasteiger partial charge in [0.15, 0.2) is 0 Å². The molecule has 0 bridgehead atoms. The topological polar surface area (TPSA) is 85.7 Å². The van der Waals surface area contributed by atoms with E-state index in [1.165, 1.54) is 6.92 Å². The number of amides is 2. The molecule has 0 saturated carbocycles. The molecular weight excluding hydrogens is 332 g/mol. The Morgan fingerprint density at radius 2 is 1.92 bits per heavy atom. The molecular formula is C19H24N4O3. The fourth-order valence-corrected chi connectivity index (χ4v) is 3.46. The highest BCUT2D eigenvalue weighted by Crippen LogP contribution is 2.28. The van der Waals surface area contributed by atoms with Gasteiger partial charge in [-0.15, -0.1) is 0 Å². The molecule has 2 aliphatic rings. The molecule has 2 fully saturated rings. The van der Waals surface area contributed by atoms with Crippen molar-refractivity contribution in [2.24, 2.45) is 5.92 Å². The number of cyclic esters (lactones) is 1. The van der Waals surface area contributed by atoms with Crippen molar-refractivity contribution in [2.75, 3.05) is 36.0 Å². The molecule has 0 spiro atoms. The van der Waals surface area contributed by atoms with E-state index >= 15 is 0 Å². The number of anilines is 2. The second kappa shape index (κ2) is 8.09. The molecule has 0 radical (unpaired) electrons. The van der Waals surface area contributed by atoms with Gasteiger partial charge in [-0.2, -0.15) is 5.26 Å². The molecule has 2 aliphatic heterocycles. The zero-order valence-corrected chi connectivity index (χ0v) is 15.0. The van der Waals surface area contributed by atoms with E-state index in [2.05, 4.69) is 16.3 Å². The highest BCUT2D eigenvalue weighted by atomic mass is 16.6. The predicted molar refractivity (Wildman–Crippen MR) is 97.9 cm³/mol. The number of nitrogens with zero attached hydrogens (tertiary/aromatic N) is 3. The Balaban J connectivity index is 1.57. The lowest BCUT2D eigenvalue weighted by atomic mass is 9.94. The molecule has 2 amide bonds. The highest BCUT2D eigenvalue weighted by molar-refractivity contribution is 5.90. The summed E-state index contributed by atoms with van der Waals surface area (Å²) in [6, 6.07) is 10.2. The molecule has 26 heavy (non-hydrogen) atoms. The van der Waals surface area contributed by atoms with Crippen molar-refractivity contribution in [1.29, 1.82) is 5.26 Å². The number of rotatable bonds is 5. The first-order valence-corrected chi connectivity index (χ1v) is 9.01. The number of hydrogen-bond donors (Lipinski definition) is 1. The number of piperidine rings is 1. The third-order valence-electron chi connectivity index (χ3n) is 4.97. The lowest BCUT2D eigenvalue weighted by Gasteiger charge is -2.33. The Morgan fingerprint density at radius 3 is 2.54 bits per heavy atom. The van der Waals surface area contributed by atoms with Gasteiger partial charge in [0.1, 0.15) is 6.10 Å². The molecule has 138 valence electrons. The summed E-state index contributed by atoms with van der Waals surface area (Å²) in [5.74, 6) is 0.373. The number of nitrogens with one attached hydrogen (secondary N) is 1. The van der Waals surface area contributed by atoms with Gasteiger partial charge in [-0.25, -0.2) is 4.79 Å². The van der Waals surface area contributed by atoms with Crippen molar-refractivity contribution in [3.05, 3.63) is 24.3 Å². The average Bonchev–Trinajstić information content (AvgIpc) is 3.02. The van der Waals surface area contributed by atoms with Gasteiger partial charge in [0.2, 0.25) is 5.91 Å². The smallest absolute Gasteiger partial charge is 0.414 e. The van der Waals surface area contributed by atoms with Gasteiger partial charge in [0, 0.05) is 37.8 Å². The van der Waals surface area contributed by atoms with E-state index in [-0.39, 0.29) is 18.1 Å². The van der Waals surface area contributed by atoms with Gasteiger partial charge in [0.25, 0.3) is 0 Å². The van der Waals surface area contributed by atoms with Crippen LogP contribution < -0.4 is 15.1 Å². The third-order valence-corrected chi connectivity index (χ3v) is 4.97. The van der Waals surface area contributed by atoms with Crippen LogP contribution in [-0.4, -0.2) is 44.3 Å². The van der Waals surface area contributed by atoms with Crippen LogP contribution in [0.1, 0.15) is 26.2 Å². The Morgan fingerprint density at radius 1 is 1.27 bits per heavy atom. The van der Waals surface area contributed by atoms with E-state index in [4.69, 9.17) is 10.00 Å². The minimum absolute atomic E-state index is 0.137. The number of benzene rings is 1. The van der Waals surface area contributed by atoms with E-state index < -0.39 is 0 Å². The maximum absolute atomic E-state index is 12.1. The van der Waals surface area contributed by atoms with Crippen LogP contribution in [0, 0.1) is 17.2 Å². The molecule has 2 heterocycles. The lowest BCUT2D eigenvalue weighted by Crippen LogP contribution is -2.34. The Bertz CT molecular complexity index is 690. The van der Waals surface area contributed by atoms with Crippen LogP contribution in [-0.2, 0) is 9.53 Å². The number of carbonyl (C=O) groups excluding carboxylic acids is 2. The highest BCUT2D eigenvalue weighted by Gasteiger charge is 2.32. The Kier molecular flexibility index (Phi) is 5.61.